The average molecular weight is 413 g/mol. The molecular formula is C20H23N5O5. The van der Waals surface area contributed by atoms with Crippen LogP contribution in [0, 0.1) is 12.3 Å². The van der Waals surface area contributed by atoms with Crippen LogP contribution in [0.5, 0.6) is 0 Å². The Balaban J connectivity index is 2.04. The maximum absolute atomic E-state index is 13.2. The minimum absolute atomic E-state index is 0.0270. The van der Waals surface area contributed by atoms with Crippen LogP contribution in [0.4, 0.5) is 4.79 Å². The van der Waals surface area contributed by atoms with Crippen LogP contribution in [0.15, 0.2) is 30.3 Å². The van der Waals surface area contributed by atoms with E-state index in [0.717, 1.165) is 15.5 Å². The van der Waals surface area contributed by atoms with Gasteiger partial charge >= 0.3 is 12.0 Å². The summed E-state index contributed by atoms with van der Waals surface area (Å²) in [6.45, 7) is 1.46. The van der Waals surface area contributed by atoms with E-state index in [4.69, 9.17) is 12.2 Å². The fraction of sp³-hybridized carbons (Fsp3) is 0.400. The fourth-order valence-electron chi connectivity index (χ4n) is 4.04. The van der Waals surface area contributed by atoms with Crippen molar-refractivity contribution in [3.63, 3.8) is 0 Å². The highest BCUT2D eigenvalue weighted by atomic mass is 16.4. The van der Waals surface area contributed by atoms with E-state index in [2.05, 4.69) is 5.92 Å². The number of piperazine rings is 1. The highest BCUT2D eigenvalue weighted by Gasteiger charge is 2.52. The number of fused-ring (bicyclic) bond motifs is 1. The molecule has 4 amide bonds. The predicted octanol–water partition coefficient (Wildman–Crippen LogP) is -0.168. The van der Waals surface area contributed by atoms with Gasteiger partial charge in [0.1, 0.15) is 12.2 Å². The molecule has 2 aliphatic rings. The molecule has 0 aromatic heterocycles. The van der Waals surface area contributed by atoms with Crippen molar-refractivity contribution in [2.45, 2.75) is 31.6 Å². The van der Waals surface area contributed by atoms with Gasteiger partial charge in [0.25, 0.3) is 0 Å². The highest BCUT2D eigenvalue weighted by molar-refractivity contribution is 5.93. The molecule has 2 saturated heterocycles. The number of carboxylic acids is 1. The Hall–Kier alpha value is -3.58. The summed E-state index contributed by atoms with van der Waals surface area (Å²) in [5.41, 5.74) is 6.41. The largest absolute Gasteiger partial charge is 0.481 e. The number of terminal acetylenes is 1. The molecule has 0 unspecified atom stereocenters. The van der Waals surface area contributed by atoms with Gasteiger partial charge in [-0.3, -0.25) is 14.4 Å². The average Bonchev–Trinajstić information content (AvgIpc) is 2.69. The number of benzene rings is 1. The van der Waals surface area contributed by atoms with Gasteiger partial charge in [0.05, 0.1) is 32.1 Å². The van der Waals surface area contributed by atoms with Crippen molar-refractivity contribution in [3.8, 4) is 12.3 Å². The smallest absolute Gasteiger partial charge is 0.331 e. The van der Waals surface area contributed by atoms with Crippen LogP contribution < -0.4 is 5.73 Å². The second-order valence-corrected chi connectivity index (χ2v) is 7.18. The summed E-state index contributed by atoms with van der Waals surface area (Å²) in [4.78, 5) is 52.4. The van der Waals surface area contributed by atoms with E-state index in [-0.39, 0.29) is 19.6 Å². The van der Waals surface area contributed by atoms with Gasteiger partial charge in [-0.2, -0.15) is 5.01 Å². The molecule has 3 N–H and O–H groups in total. The lowest BCUT2D eigenvalue weighted by molar-refractivity contribution is -0.191. The summed E-state index contributed by atoms with van der Waals surface area (Å²) in [6, 6.07) is 6.68. The van der Waals surface area contributed by atoms with E-state index < -0.39 is 48.5 Å². The minimum Gasteiger partial charge on any atom is -0.481 e. The maximum atomic E-state index is 13.2. The van der Waals surface area contributed by atoms with Gasteiger partial charge in [-0.05, 0) is 12.5 Å². The quantitative estimate of drug-likeness (QED) is 0.646. The number of rotatable bonds is 5. The molecule has 3 atom stereocenters. The van der Waals surface area contributed by atoms with Crippen molar-refractivity contribution in [2.75, 3.05) is 19.6 Å². The SMILES string of the molecule is C#CCN1CC(=O)N2[C@@H](CC(=O)O)C(=O)N([C@H](C)c3ccccc3)C[C@@H]2N1C(N)=O. The molecule has 0 bridgehead atoms. The van der Waals surface area contributed by atoms with Crippen LogP contribution in [0.25, 0.3) is 0 Å². The maximum Gasteiger partial charge on any atom is 0.331 e. The molecule has 10 nitrogen and oxygen atoms in total. The lowest BCUT2D eigenvalue weighted by Gasteiger charge is -2.55. The Morgan fingerprint density at radius 3 is 2.53 bits per heavy atom. The first kappa shape index (κ1) is 21.1. The van der Waals surface area contributed by atoms with E-state index in [9.17, 15) is 24.3 Å². The topological polar surface area (TPSA) is 127 Å². The lowest BCUT2D eigenvalue weighted by atomic mass is 9.99. The standard InChI is InChI=1S/C20H23N5O5/c1-3-9-22-12-17(26)24-15(10-18(27)28)19(29)23(11-16(24)25(22)20(21)30)13(2)14-7-5-4-6-8-14/h1,4-8,13,15-16H,9-12H2,2H3,(H2,21,30)(H,27,28)/t13-,15+,16+/m1/s1. The number of hydrazine groups is 1. The second-order valence-electron chi connectivity index (χ2n) is 7.18. The molecule has 0 spiro atoms. The van der Waals surface area contributed by atoms with Crippen LogP contribution in [-0.2, 0) is 14.4 Å². The highest BCUT2D eigenvalue weighted by Crippen LogP contribution is 2.32. The lowest BCUT2D eigenvalue weighted by Crippen LogP contribution is -2.76. The number of urea groups is 1. The Bertz CT molecular complexity index is 899. The molecular weight excluding hydrogens is 390 g/mol. The third-order valence-corrected chi connectivity index (χ3v) is 5.39. The number of nitrogens with zero attached hydrogens (tertiary/aromatic N) is 4. The van der Waals surface area contributed by atoms with Crippen molar-refractivity contribution in [1.82, 2.24) is 19.8 Å². The number of nitrogens with two attached hydrogens (primary N) is 1. The summed E-state index contributed by atoms with van der Waals surface area (Å²) in [5.74, 6) is 0.172. The van der Waals surface area contributed by atoms with Gasteiger partial charge in [0.15, 0.2) is 0 Å². The Kier molecular flexibility index (Phi) is 5.94. The van der Waals surface area contributed by atoms with E-state index >= 15 is 0 Å². The fourth-order valence-corrected chi connectivity index (χ4v) is 4.04. The van der Waals surface area contributed by atoms with E-state index in [1.54, 1.807) is 6.92 Å². The zero-order valence-corrected chi connectivity index (χ0v) is 16.5. The monoisotopic (exact) mass is 413 g/mol. The number of hydrogen-bond acceptors (Lipinski definition) is 5. The molecule has 1 aromatic carbocycles. The molecule has 10 heteroatoms. The molecule has 2 fully saturated rings. The van der Waals surface area contributed by atoms with Crippen LogP contribution in [0.1, 0.15) is 24.9 Å². The van der Waals surface area contributed by atoms with Gasteiger partial charge in [0.2, 0.25) is 11.8 Å². The van der Waals surface area contributed by atoms with Crippen LogP contribution in [0.3, 0.4) is 0 Å². The second kappa shape index (κ2) is 8.42. The number of amides is 4. The normalized spacial score (nSPS) is 23.0. The first-order valence-electron chi connectivity index (χ1n) is 9.41. The van der Waals surface area contributed by atoms with Crippen molar-refractivity contribution in [3.05, 3.63) is 35.9 Å². The summed E-state index contributed by atoms with van der Waals surface area (Å²) >= 11 is 0. The van der Waals surface area contributed by atoms with E-state index in [1.165, 1.54) is 9.91 Å². The zero-order valence-electron chi connectivity index (χ0n) is 16.5. The number of primary amides is 1. The summed E-state index contributed by atoms with van der Waals surface area (Å²) in [7, 11) is 0. The van der Waals surface area contributed by atoms with Crippen molar-refractivity contribution >= 4 is 23.8 Å². The van der Waals surface area contributed by atoms with Crippen molar-refractivity contribution < 1.29 is 24.3 Å². The molecule has 2 aliphatic heterocycles. The van der Waals surface area contributed by atoms with Gasteiger partial charge in [-0.1, -0.05) is 36.3 Å². The van der Waals surface area contributed by atoms with Crippen LogP contribution in [-0.4, -0.2) is 80.6 Å². The predicted molar refractivity (Wildman–Crippen MR) is 105 cm³/mol. The molecule has 0 radical (unpaired) electrons. The summed E-state index contributed by atoms with van der Waals surface area (Å²) < 4.78 is 0. The van der Waals surface area contributed by atoms with Gasteiger partial charge in [-0.15, -0.1) is 6.42 Å². The Labute approximate surface area is 173 Å². The molecule has 3 rings (SSSR count). The number of carboxylic acid groups (broad SMARTS) is 1. The van der Waals surface area contributed by atoms with E-state index in [1.807, 2.05) is 30.3 Å². The Morgan fingerprint density at radius 1 is 1.30 bits per heavy atom. The van der Waals surface area contributed by atoms with Gasteiger partial charge in [-0.25, -0.2) is 9.80 Å². The van der Waals surface area contributed by atoms with Crippen LogP contribution in [0.2, 0.25) is 0 Å². The van der Waals surface area contributed by atoms with Crippen LogP contribution >= 0.6 is 0 Å². The summed E-state index contributed by atoms with van der Waals surface area (Å²) in [6.07, 6.45) is 3.83. The molecule has 0 aliphatic carbocycles. The van der Waals surface area contributed by atoms with Gasteiger partial charge in [0, 0.05) is 0 Å². The third-order valence-electron chi connectivity index (χ3n) is 5.39. The Morgan fingerprint density at radius 2 is 1.97 bits per heavy atom. The van der Waals surface area contributed by atoms with Crippen molar-refractivity contribution in [1.29, 1.82) is 0 Å². The first-order chi connectivity index (χ1) is 14.3. The minimum atomic E-state index is -1.25. The number of aliphatic carboxylic acids is 1. The zero-order chi connectivity index (χ0) is 22.0. The molecule has 2 heterocycles. The molecule has 0 saturated carbocycles. The molecule has 1 aromatic rings. The number of carbonyl (C=O) groups excluding carboxylic acids is 3. The number of hydrogen-bond donors (Lipinski definition) is 2. The van der Waals surface area contributed by atoms with E-state index in [0.29, 0.717) is 0 Å². The first-order valence-corrected chi connectivity index (χ1v) is 9.41. The van der Waals surface area contributed by atoms with Crippen molar-refractivity contribution in [2.24, 2.45) is 5.73 Å². The number of carbonyl (C=O) groups is 4. The molecule has 30 heavy (non-hydrogen) atoms. The molecule has 158 valence electrons. The summed E-state index contributed by atoms with van der Waals surface area (Å²) in [5, 5.41) is 11.8. The third kappa shape index (κ3) is 3.79. The van der Waals surface area contributed by atoms with Gasteiger partial charge < -0.3 is 20.6 Å².